The first-order valence-corrected chi connectivity index (χ1v) is 30.1. The van der Waals surface area contributed by atoms with Gasteiger partial charge < -0.3 is 20.3 Å². The van der Waals surface area contributed by atoms with Gasteiger partial charge in [-0.05, 0) is 44.9 Å². The molecule has 0 rings (SSSR count). The smallest absolute Gasteiger partial charge is 0.306 e. The molecule has 396 valence electrons. The Kier molecular flexibility index (Phi) is 53.9. The Hall–Kier alpha value is -1.66. The number of aliphatic hydroxyl groups is 2. The SMILES string of the molecule is CCCCCCCCC/C=C/C=C/CCCC(CC(=O)NC(CO)C(O)CCCCCCCCCCCCCCCCCCC)OC(=O)CCCCCCCCCCCCCCCCCCC. The van der Waals surface area contributed by atoms with Crippen molar-refractivity contribution in [2.24, 2.45) is 0 Å². The van der Waals surface area contributed by atoms with Gasteiger partial charge in [-0.2, -0.15) is 0 Å². The van der Waals surface area contributed by atoms with Crippen LogP contribution in [-0.2, 0) is 14.3 Å². The molecule has 0 aliphatic carbocycles. The van der Waals surface area contributed by atoms with E-state index in [4.69, 9.17) is 4.74 Å². The fourth-order valence-corrected chi connectivity index (χ4v) is 9.49. The van der Waals surface area contributed by atoms with Gasteiger partial charge >= 0.3 is 5.97 Å². The molecule has 0 fully saturated rings. The van der Waals surface area contributed by atoms with Gasteiger partial charge in [-0.3, -0.25) is 9.59 Å². The molecular formula is C61H117NO5. The number of aliphatic hydroxyl groups excluding tert-OH is 2. The number of carbonyl (C=O) groups is 2. The van der Waals surface area contributed by atoms with Crippen molar-refractivity contribution in [3.05, 3.63) is 24.3 Å². The zero-order chi connectivity index (χ0) is 48.8. The molecule has 0 aromatic rings. The quantitative estimate of drug-likeness (QED) is 0.0321. The Balaban J connectivity index is 4.52. The lowest BCUT2D eigenvalue weighted by Gasteiger charge is -2.24. The van der Waals surface area contributed by atoms with Gasteiger partial charge in [0.1, 0.15) is 6.10 Å². The third-order valence-corrected chi connectivity index (χ3v) is 14.1. The molecule has 6 nitrogen and oxygen atoms in total. The van der Waals surface area contributed by atoms with E-state index in [-0.39, 0.29) is 24.9 Å². The van der Waals surface area contributed by atoms with Crippen molar-refractivity contribution in [3.8, 4) is 0 Å². The first kappa shape index (κ1) is 65.3. The number of esters is 1. The lowest BCUT2D eigenvalue weighted by atomic mass is 10.0. The second-order valence-corrected chi connectivity index (χ2v) is 20.8. The monoisotopic (exact) mass is 944 g/mol. The molecule has 0 spiro atoms. The summed E-state index contributed by atoms with van der Waals surface area (Å²) in [5.74, 6) is -0.500. The van der Waals surface area contributed by atoms with Gasteiger partial charge in [-0.15, -0.1) is 0 Å². The molecule has 0 aliphatic heterocycles. The lowest BCUT2D eigenvalue weighted by molar-refractivity contribution is -0.151. The summed E-state index contributed by atoms with van der Waals surface area (Å²) in [6, 6.07) is -0.712. The van der Waals surface area contributed by atoms with Crippen molar-refractivity contribution in [1.82, 2.24) is 5.32 Å². The summed E-state index contributed by atoms with van der Waals surface area (Å²) in [6.07, 6.45) is 65.4. The average Bonchev–Trinajstić information content (AvgIpc) is 3.32. The van der Waals surface area contributed by atoms with E-state index in [1.54, 1.807) is 0 Å². The Bertz CT molecular complexity index is 1060. The number of rotatable bonds is 55. The summed E-state index contributed by atoms with van der Waals surface area (Å²) < 4.78 is 5.94. The van der Waals surface area contributed by atoms with Crippen LogP contribution in [-0.4, -0.2) is 46.9 Å². The third-order valence-electron chi connectivity index (χ3n) is 14.1. The number of amides is 1. The first-order chi connectivity index (χ1) is 33.0. The van der Waals surface area contributed by atoms with Crippen LogP contribution in [0.5, 0.6) is 0 Å². The van der Waals surface area contributed by atoms with E-state index in [9.17, 15) is 19.8 Å². The molecule has 67 heavy (non-hydrogen) atoms. The summed E-state index contributed by atoms with van der Waals surface area (Å²) in [7, 11) is 0. The summed E-state index contributed by atoms with van der Waals surface area (Å²) in [4.78, 5) is 26.3. The number of carbonyl (C=O) groups excluding carboxylic acids is 2. The van der Waals surface area contributed by atoms with Crippen LogP contribution in [0.4, 0.5) is 0 Å². The molecule has 0 heterocycles. The highest BCUT2D eigenvalue weighted by Gasteiger charge is 2.24. The molecule has 3 unspecified atom stereocenters. The molecule has 0 saturated carbocycles. The normalized spacial score (nSPS) is 13.2. The Morgan fingerprint density at radius 3 is 1.13 bits per heavy atom. The molecule has 3 atom stereocenters. The molecule has 0 radical (unpaired) electrons. The average molecular weight is 945 g/mol. The molecular weight excluding hydrogens is 827 g/mol. The number of allylic oxidation sites excluding steroid dienone is 4. The molecule has 0 bridgehead atoms. The molecule has 0 aliphatic rings. The van der Waals surface area contributed by atoms with Crippen LogP contribution in [0.1, 0.15) is 329 Å². The standard InChI is InChI=1S/C61H117NO5/c1-4-7-10-13-16-19-22-25-28-30-32-35-38-41-44-47-50-53-59(64)58(56-63)62-60(65)55-57(52-49-46-43-40-37-34-27-24-21-18-15-12-9-6-3)67-61(66)54-51-48-45-42-39-36-33-31-29-26-23-20-17-14-11-8-5-2/h34,37,40,43,57-59,63-64H,4-33,35-36,38-39,41-42,44-56H2,1-3H3,(H,62,65)/b37-34+,43-40+. The highest BCUT2D eigenvalue weighted by molar-refractivity contribution is 5.77. The first-order valence-electron chi connectivity index (χ1n) is 30.1. The van der Waals surface area contributed by atoms with Crippen molar-refractivity contribution in [3.63, 3.8) is 0 Å². The van der Waals surface area contributed by atoms with Crippen LogP contribution in [0.15, 0.2) is 24.3 Å². The number of unbranched alkanes of at least 4 members (excludes halogenated alkanes) is 40. The third kappa shape index (κ3) is 50.5. The van der Waals surface area contributed by atoms with Crippen molar-refractivity contribution < 1.29 is 24.5 Å². The second-order valence-electron chi connectivity index (χ2n) is 20.8. The predicted molar refractivity (Wildman–Crippen MR) is 292 cm³/mol. The van der Waals surface area contributed by atoms with Crippen molar-refractivity contribution >= 4 is 11.9 Å². The van der Waals surface area contributed by atoms with Gasteiger partial charge in [-0.25, -0.2) is 0 Å². The summed E-state index contributed by atoms with van der Waals surface area (Å²) in [5.41, 5.74) is 0. The van der Waals surface area contributed by atoms with E-state index < -0.39 is 18.2 Å². The van der Waals surface area contributed by atoms with Gasteiger partial charge in [0.2, 0.25) is 5.91 Å². The van der Waals surface area contributed by atoms with E-state index in [1.807, 2.05) is 0 Å². The van der Waals surface area contributed by atoms with E-state index in [0.717, 1.165) is 57.8 Å². The Morgan fingerprint density at radius 2 is 0.761 bits per heavy atom. The van der Waals surface area contributed by atoms with Crippen LogP contribution in [0.2, 0.25) is 0 Å². The van der Waals surface area contributed by atoms with Crippen molar-refractivity contribution in [2.45, 2.75) is 347 Å². The fourth-order valence-electron chi connectivity index (χ4n) is 9.49. The number of ether oxygens (including phenoxy) is 1. The van der Waals surface area contributed by atoms with E-state index in [1.165, 1.54) is 225 Å². The largest absolute Gasteiger partial charge is 0.462 e. The highest BCUT2D eigenvalue weighted by Crippen LogP contribution is 2.19. The van der Waals surface area contributed by atoms with Crippen LogP contribution in [0, 0.1) is 0 Å². The number of nitrogens with one attached hydrogen (secondary N) is 1. The topological polar surface area (TPSA) is 95.9 Å². The maximum absolute atomic E-state index is 13.3. The summed E-state index contributed by atoms with van der Waals surface area (Å²) in [6.45, 7) is 6.51. The predicted octanol–water partition coefficient (Wildman–Crippen LogP) is 18.6. The number of hydrogen-bond donors (Lipinski definition) is 3. The minimum atomic E-state index is -0.796. The zero-order valence-electron chi connectivity index (χ0n) is 45.3. The lowest BCUT2D eigenvalue weighted by Crippen LogP contribution is -2.46. The Labute approximate surface area is 418 Å². The molecule has 3 N–H and O–H groups in total. The van der Waals surface area contributed by atoms with Crippen LogP contribution >= 0.6 is 0 Å². The molecule has 6 heteroatoms. The fraction of sp³-hybridized carbons (Fsp3) is 0.902. The summed E-state index contributed by atoms with van der Waals surface area (Å²) >= 11 is 0. The van der Waals surface area contributed by atoms with Crippen LogP contribution < -0.4 is 5.32 Å². The molecule has 0 saturated heterocycles. The minimum Gasteiger partial charge on any atom is -0.462 e. The summed E-state index contributed by atoms with van der Waals surface area (Å²) in [5, 5.41) is 23.9. The van der Waals surface area contributed by atoms with Gasteiger partial charge in [0.15, 0.2) is 0 Å². The van der Waals surface area contributed by atoms with Crippen molar-refractivity contribution in [2.75, 3.05) is 6.61 Å². The van der Waals surface area contributed by atoms with Crippen LogP contribution in [0.25, 0.3) is 0 Å². The minimum absolute atomic E-state index is 0.0508. The zero-order valence-corrected chi connectivity index (χ0v) is 45.3. The molecule has 0 aromatic carbocycles. The van der Waals surface area contributed by atoms with Gasteiger partial charge in [0, 0.05) is 6.42 Å². The molecule has 1 amide bonds. The maximum atomic E-state index is 13.3. The maximum Gasteiger partial charge on any atom is 0.306 e. The second kappa shape index (κ2) is 55.3. The van der Waals surface area contributed by atoms with Crippen LogP contribution in [0.3, 0.4) is 0 Å². The molecule has 0 aromatic heterocycles. The van der Waals surface area contributed by atoms with Gasteiger partial charge in [0.05, 0.1) is 25.2 Å². The number of hydrogen-bond acceptors (Lipinski definition) is 5. The van der Waals surface area contributed by atoms with E-state index >= 15 is 0 Å². The van der Waals surface area contributed by atoms with E-state index in [2.05, 4.69) is 50.4 Å². The Morgan fingerprint density at radius 1 is 0.433 bits per heavy atom. The van der Waals surface area contributed by atoms with E-state index in [0.29, 0.717) is 19.3 Å². The van der Waals surface area contributed by atoms with Crippen molar-refractivity contribution in [1.29, 1.82) is 0 Å². The highest BCUT2D eigenvalue weighted by atomic mass is 16.5. The van der Waals surface area contributed by atoms with Gasteiger partial charge in [-0.1, -0.05) is 295 Å². The van der Waals surface area contributed by atoms with Gasteiger partial charge in [0.25, 0.3) is 0 Å².